The lowest BCUT2D eigenvalue weighted by Gasteiger charge is -2.11. The molecule has 0 fully saturated rings. The van der Waals surface area contributed by atoms with Crippen molar-refractivity contribution in [1.82, 2.24) is 4.98 Å². The van der Waals surface area contributed by atoms with E-state index >= 15 is 0 Å². The molecule has 1 N–H and O–H groups in total. The first-order valence-electron chi connectivity index (χ1n) is 6.05. The van der Waals surface area contributed by atoms with E-state index in [4.69, 9.17) is 16.0 Å². The number of nitrogens with zero attached hydrogens (tertiary/aromatic N) is 1. The summed E-state index contributed by atoms with van der Waals surface area (Å²) in [4.78, 5) is 3.83. The molecule has 7 heteroatoms. The van der Waals surface area contributed by atoms with Crippen LogP contribution in [0, 0.1) is 5.92 Å². The molecule has 0 saturated heterocycles. The zero-order chi connectivity index (χ0) is 14.6. The number of benzene rings is 1. The van der Waals surface area contributed by atoms with Gasteiger partial charge in [-0.3, -0.25) is 4.72 Å². The van der Waals surface area contributed by atoms with E-state index in [-0.39, 0.29) is 11.7 Å². The van der Waals surface area contributed by atoms with Crippen LogP contribution in [0.2, 0.25) is 0 Å². The molecule has 20 heavy (non-hydrogen) atoms. The van der Waals surface area contributed by atoms with Crippen LogP contribution in [0.1, 0.15) is 6.92 Å². The van der Waals surface area contributed by atoms with Crippen LogP contribution in [-0.4, -0.2) is 25.0 Å². The van der Waals surface area contributed by atoms with E-state index in [2.05, 4.69) is 9.71 Å². The van der Waals surface area contributed by atoms with Gasteiger partial charge in [-0.2, -0.15) is 0 Å². The lowest BCUT2D eigenvalue weighted by atomic mass is 10.2. The average Bonchev–Trinajstić information content (AvgIpc) is 2.92. The molecule has 0 saturated carbocycles. The highest BCUT2D eigenvalue weighted by atomic mass is 35.5. The van der Waals surface area contributed by atoms with E-state index in [1.165, 1.54) is 6.39 Å². The summed E-state index contributed by atoms with van der Waals surface area (Å²) in [5, 5.41) is 0. The lowest BCUT2D eigenvalue weighted by molar-refractivity contribution is 0.572. The summed E-state index contributed by atoms with van der Waals surface area (Å²) in [7, 11) is -3.38. The molecule has 0 aliphatic heterocycles. The van der Waals surface area contributed by atoms with E-state index < -0.39 is 10.0 Å². The minimum Gasteiger partial charge on any atom is -0.444 e. The highest BCUT2D eigenvalue weighted by Crippen LogP contribution is 2.21. The van der Waals surface area contributed by atoms with Crippen molar-refractivity contribution in [3.63, 3.8) is 0 Å². The maximum absolute atomic E-state index is 11.9. The van der Waals surface area contributed by atoms with Gasteiger partial charge in [0.2, 0.25) is 10.0 Å². The fourth-order valence-corrected chi connectivity index (χ4v) is 3.39. The first kappa shape index (κ1) is 14.9. The van der Waals surface area contributed by atoms with Crippen LogP contribution in [0.25, 0.3) is 11.3 Å². The van der Waals surface area contributed by atoms with Gasteiger partial charge >= 0.3 is 0 Å². The topological polar surface area (TPSA) is 72.2 Å². The van der Waals surface area contributed by atoms with Crippen molar-refractivity contribution >= 4 is 27.3 Å². The van der Waals surface area contributed by atoms with E-state index in [0.29, 0.717) is 17.3 Å². The van der Waals surface area contributed by atoms with Crippen LogP contribution in [0.5, 0.6) is 0 Å². The quantitative estimate of drug-likeness (QED) is 0.832. The van der Waals surface area contributed by atoms with Crippen LogP contribution in [0.3, 0.4) is 0 Å². The highest BCUT2D eigenvalue weighted by Gasteiger charge is 2.15. The standard InChI is InChI=1S/C13H15ClN2O3S/c1-10(6-14)8-20(17,18)16-12-4-2-11(3-5-12)13-7-15-9-19-13/h2-5,7,9-10,16H,6,8H2,1H3. The number of nitrogens with one attached hydrogen (secondary N) is 1. The lowest BCUT2D eigenvalue weighted by Crippen LogP contribution is -2.22. The molecule has 0 spiro atoms. The molecule has 2 aromatic rings. The first-order chi connectivity index (χ1) is 9.50. The van der Waals surface area contributed by atoms with E-state index in [1.807, 2.05) is 0 Å². The Bertz CT molecular complexity index is 639. The second-order valence-electron chi connectivity index (χ2n) is 4.59. The first-order valence-corrected chi connectivity index (χ1v) is 8.24. The summed E-state index contributed by atoms with van der Waals surface area (Å²) in [6.45, 7) is 1.79. The van der Waals surface area contributed by atoms with Gasteiger partial charge in [-0.1, -0.05) is 6.92 Å². The van der Waals surface area contributed by atoms with Gasteiger partial charge in [0.05, 0.1) is 11.9 Å². The van der Waals surface area contributed by atoms with Gasteiger partial charge in [-0.25, -0.2) is 13.4 Å². The third-order valence-electron chi connectivity index (χ3n) is 2.64. The van der Waals surface area contributed by atoms with Gasteiger partial charge in [0.25, 0.3) is 0 Å². The summed E-state index contributed by atoms with van der Waals surface area (Å²) < 4.78 is 31.5. The normalized spacial score (nSPS) is 13.1. The molecule has 1 atom stereocenters. The second-order valence-corrected chi connectivity index (χ2v) is 6.66. The fourth-order valence-electron chi connectivity index (χ4n) is 1.70. The van der Waals surface area contributed by atoms with Gasteiger partial charge < -0.3 is 4.42 Å². The van der Waals surface area contributed by atoms with Gasteiger partial charge in [-0.15, -0.1) is 11.6 Å². The molecule has 108 valence electrons. The van der Waals surface area contributed by atoms with Crippen molar-refractivity contribution in [3.8, 4) is 11.3 Å². The molecule has 1 heterocycles. The predicted octanol–water partition coefficient (Wildman–Crippen LogP) is 2.96. The number of hydrogen-bond donors (Lipinski definition) is 1. The summed E-state index contributed by atoms with van der Waals surface area (Å²) >= 11 is 5.63. The van der Waals surface area contributed by atoms with Crippen LogP contribution >= 0.6 is 11.6 Å². The van der Waals surface area contributed by atoms with Gasteiger partial charge in [0.15, 0.2) is 12.2 Å². The van der Waals surface area contributed by atoms with Crippen molar-refractivity contribution in [2.75, 3.05) is 16.4 Å². The van der Waals surface area contributed by atoms with Crippen LogP contribution in [0.15, 0.2) is 41.3 Å². The Labute approximate surface area is 123 Å². The Kier molecular flexibility index (Phi) is 4.67. The second kappa shape index (κ2) is 6.28. The molecule has 0 aliphatic carbocycles. The zero-order valence-corrected chi connectivity index (χ0v) is 12.5. The Hall–Kier alpha value is -1.53. The summed E-state index contributed by atoms with van der Waals surface area (Å²) in [5.41, 5.74) is 1.34. The van der Waals surface area contributed by atoms with Gasteiger partial charge in [0, 0.05) is 17.1 Å². The Morgan fingerprint density at radius 3 is 2.60 bits per heavy atom. The third-order valence-corrected chi connectivity index (χ3v) is 4.72. The van der Waals surface area contributed by atoms with Crippen molar-refractivity contribution in [2.45, 2.75) is 6.92 Å². The number of alkyl halides is 1. The van der Waals surface area contributed by atoms with E-state index in [1.54, 1.807) is 37.4 Å². The molecule has 5 nitrogen and oxygen atoms in total. The number of anilines is 1. The van der Waals surface area contributed by atoms with E-state index in [9.17, 15) is 8.42 Å². The number of sulfonamides is 1. The maximum atomic E-state index is 11.9. The van der Waals surface area contributed by atoms with Crippen molar-refractivity contribution in [2.24, 2.45) is 5.92 Å². The molecule has 0 amide bonds. The van der Waals surface area contributed by atoms with Crippen LogP contribution < -0.4 is 4.72 Å². The number of oxazole rings is 1. The molecular formula is C13H15ClN2O3S. The smallest absolute Gasteiger partial charge is 0.233 e. The molecule has 0 aliphatic rings. The Balaban J connectivity index is 2.07. The average molecular weight is 315 g/mol. The predicted molar refractivity (Wildman–Crippen MR) is 79.2 cm³/mol. The van der Waals surface area contributed by atoms with Crippen molar-refractivity contribution in [1.29, 1.82) is 0 Å². The van der Waals surface area contributed by atoms with E-state index in [0.717, 1.165) is 5.56 Å². The maximum Gasteiger partial charge on any atom is 0.233 e. The minimum atomic E-state index is -3.38. The number of hydrogen-bond acceptors (Lipinski definition) is 4. The van der Waals surface area contributed by atoms with Crippen LogP contribution in [-0.2, 0) is 10.0 Å². The van der Waals surface area contributed by atoms with Crippen molar-refractivity contribution < 1.29 is 12.8 Å². The SMILES string of the molecule is CC(CCl)CS(=O)(=O)Nc1ccc(-c2cnco2)cc1. The van der Waals surface area contributed by atoms with Gasteiger partial charge in [-0.05, 0) is 30.2 Å². The number of rotatable bonds is 6. The molecule has 1 aromatic heterocycles. The molecule has 0 radical (unpaired) electrons. The molecule has 1 unspecified atom stereocenters. The summed E-state index contributed by atoms with van der Waals surface area (Å²) in [6.07, 6.45) is 2.95. The number of aromatic nitrogens is 1. The third kappa shape index (κ3) is 3.98. The highest BCUT2D eigenvalue weighted by molar-refractivity contribution is 7.92. The Morgan fingerprint density at radius 1 is 1.35 bits per heavy atom. The molecule has 2 rings (SSSR count). The molecule has 0 bridgehead atoms. The largest absolute Gasteiger partial charge is 0.444 e. The molecular weight excluding hydrogens is 300 g/mol. The zero-order valence-electron chi connectivity index (χ0n) is 10.9. The van der Waals surface area contributed by atoms with Crippen LogP contribution in [0.4, 0.5) is 5.69 Å². The Morgan fingerprint density at radius 2 is 2.05 bits per heavy atom. The number of halogens is 1. The van der Waals surface area contributed by atoms with Gasteiger partial charge in [0.1, 0.15) is 0 Å². The fraction of sp³-hybridized carbons (Fsp3) is 0.308. The molecule has 1 aromatic carbocycles. The minimum absolute atomic E-state index is 0.000352. The monoisotopic (exact) mass is 314 g/mol. The summed E-state index contributed by atoms with van der Waals surface area (Å²) in [6, 6.07) is 6.90. The van der Waals surface area contributed by atoms with Crippen molar-refractivity contribution in [3.05, 3.63) is 36.9 Å². The summed E-state index contributed by atoms with van der Waals surface area (Å²) in [5.74, 6) is 0.851.